The van der Waals surface area contributed by atoms with E-state index < -0.39 is 0 Å². The van der Waals surface area contributed by atoms with Crippen molar-refractivity contribution in [1.29, 1.82) is 0 Å². The lowest BCUT2D eigenvalue weighted by Crippen LogP contribution is -2.07. The van der Waals surface area contributed by atoms with Gasteiger partial charge in [0.15, 0.2) is 0 Å². The average Bonchev–Trinajstić information content (AvgIpc) is 2.69. The van der Waals surface area contributed by atoms with Crippen molar-refractivity contribution < 1.29 is 9.84 Å². The summed E-state index contributed by atoms with van der Waals surface area (Å²) in [7, 11) is 0. The van der Waals surface area contributed by atoms with Crippen molar-refractivity contribution in [2.75, 3.05) is 19.8 Å². The zero-order chi connectivity index (χ0) is 9.26. The normalized spacial score (nSPS) is 30.6. The molecule has 72 valence electrons. The quantitative estimate of drug-likeness (QED) is 0.553. The SMILES string of the molecule is OCCOCC1=C(Cl)C2C=CC1C2. The lowest BCUT2D eigenvalue weighted by Gasteiger charge is -2.11. The van der Waals surface area contributed by atoms with Crippen LogP contribution >= 0.6 is 11.6 Å². The highest BCUT2D eigenvalue weighted by Gasteiger charge is 2.33. The van der Waals surface area contributed by atoms with Crippen LogP contribution in [0.2, 0.25) is 0 Å². The number of ether oxygens (including phenoxy) is 1. The van der Waals surface area contributed by atoms with Gasteiger partial charge in [0.05, 0.1) is 19.8 Å². The molecule has 2 aliphatic rings. The monoisotopic (exact) mass is 200 g/mol. The Labute approximate surface area is 82.8 Å². The Kier molecular flexibility index (Phi) is 2.72. The summed E-state index contributed by atoms with van der Waals surface area (Å²) in [5.41, 5.74) is 1.21. The summed E-state index contributed by atoms with van der Waals surface area (Å²) in [6.07, 6.45) is 5.49. The van der Waals surface area contributed by atoms with Crippen LogP contribution in [0.1, 0.15) is 6.42 Å². The van der Waals surface area contributed by atoms with Gasteiger partial charge in [0.2, 0.25) is 0 Å². The number of halogens is 1. The molecular weight excluding hydrogens is 188 g/mol. The molecule has 2 rings (SSSR count). The minimum atomic E-state index is 0.0782. The van der Waals surface area contributed by atoms with Crippen molar-refractivity contribution in [3.63, 3.8) is 0 Å². The zero-order valence-corrected chi connectivity index (χ0v) is 8.13. The molecule has 0 heterocycles. The fourth-order valence-electron chi connectivity index (χ4n) is 1.98. The van der Waals surface area contributed by atoms with Gasteiger partial charge in [0.25, 0.3) is 0 Å². The van der Waals surface area contributed by atoms with Gasteiger partial charge in [-0.3, -0.25) is 0 Å². The maximum Gasteiger partial charge on any atom is 0.0702 e. The fourth-order valence-corrected chi connectivity index (χ4v) is 2.34. The van der Waals surface area contributed by atoms with E-state index in [2.05, 4.69) is 12.2 Å². The van der Waals surface area contributed by atoms with Crippen LogP contribution in [0.5, 0.6) is 0 Å². The summed E-state index contributed by atoms with van der Waals surface area (Å²) in [6, 6.07) is 0. The molecule has 0 radical (unpaired) electrons. The van der Waals surface area contributed by atoms with Crippen LogP contribution in [0.15, 0.2) is 22.8 Å². The van der Waals surface area contributed by atoms with Gasteiger partial charge in [0, 0.05) is 16.9 Å². The third-order valence-electron chi connectivity index (χ3n) is 2.66. The Morgan fingerprint density at radius 3 is 2.85 bits per heavy atom. The highest BCUT2D eigenvalue weighted by atomic mass is 35.5. The molecule has 3 heteroatoms. The standard InChI is InChI=1S/C10H13ClO2/c11-10-8-2-1-7(5-8)9(10)6-13-4-3-12/h1-2,7-8,12H,3-6H2. The van der Waals surface area contributed by atoms with E-state index in [1.54, 1.807) is 0 Å². The van der Waals surface area contributed by atoms with Gasteiger partial charge >= 0.3 is 0 Å². The number of aliphatic hydroxyl groups excluding tert-OH is 1. The molecule has 0 amide bonds. The molecule has 2 aliphatic carbocycles. The van der Waals surface area contributed by atoms with E-state index >= 15 is 0 Å². The summed E-state index contributed by atoms with van der Waals surface area (Å²) in [4.78, 5) is 0. The predicted molar refractivity (Wildman–Crippen MR) is 51.5 cm³/mol. The van der Waals surface area contributed by atoms with Crippen molar-refractivity contribution in [1.82, 2.24) is 0 Å². The van der Waals surface area contributed by atoms with E-state index in [0.29, 0.717) is 25.0 Å². The van der Waals surface area contributed by atoms with E-state index in [1.165, 1.54) is 5.57 Å². The lowest BCUT2D eigenvalue weighted by atomic mass is 10.0. The zero-order valence-electron chi connectivity index (χ0n) is 7.37. The first kappa shape index (κ1) is 9.25. The molecule has 0 fully saturated rings. The van der Waals surface area contributed by atoms with Crippen molar-refractivity contribution in [2.45, 2.75) is 6.42 Å². The lowest BCUT2D eigenvalue weighted by molar-refractivity contribution is 0.105. The van der Waals surface area contributed by atoms with Crippen molar-refractivity contribution in [3.8, 4) is 0 Å². The Balaban J connectivity index is 1.92. The summed E-state index contributed by atoms with van der Waals surface area (Å²) < 4.78 is 5.26. The Bertz CT molecular complexity index is 258. The van der Waals surface area contributed by atoms with Gasteiger partial charge in [-0.1, -0.05) is 23.8 Å². The molecule has 0 aliphatic heterocycles. The van der Waals surface area contributed by atoms with Crippen LogP contribution in [-0.4, -0.2) is 24.9 Å². The molecule has 2 unspecified atom stereocenters. The Morgan fingerprint density at radius 1 is 1.46 bits per heavy atom. The first-order chi connectivity index (χ1) is 6.33. The first-order valence-electron chi connectivity index (χ1n) is 4.58. The van der Waals surface area contributed by atoms with E-state index in [-0.39, 0.29) is 6.61 Å². The molecule has 0 aromatic rings. The van der Waals surface area contributed by atoms with Gasteiger partial charge < -0.3 is 9.84 Å². The smallest absolute Gasteiger partial charge is 0.0702 e. The van der Waals surface area contributed by atoms with Crippen molar-refractivity contribution in [3.05, 3.63) is 22.8 Å². The number of aliphatic hydroxyl groups is 1. The van der Waals surface area contributed by atoms with E-state index in [1.807, 2.05) is 0 Å². The fraction of sp³-hybridized carbons (Fsp3) is 0.600. The third-order valence-corrected chi connectivity index (χ3v) is 3.18. The second kappa shape index (κ2) is 3.82. The maximum atomic E-state index is 8.55. The highest BCUT2D eigenvalue weighted by Crippen LogP contribution is 2.45. The Morgan fingerprint density at radius 2 is 2.23 bits per heavy atom. The highest BCUT2D eigenvalue weighted by molar-refractivity contribution is 6.30. The number of rotatable bonds is 4. The second-order valence-corrected chi connectivity index (χ2v) is 3.89. The summed E-state index contributed by atoms with van der Waals surface area (Å²) in [5.74, 6) is 0.940. The van der Waals surface area contributed by atoms with Crippen molar-refractivity contribution in [2.24, 2.45) is 11.8 Å². The molecule has 0 spiro atoms. The van der Waals surface area contributed by atoms with Gasteiger partial charge in [-0.2, -0.15) is 0 Å². The van der Waals surface area contributed by atoms with E-state index in [9.17, 15) is 0 Å². The van der Waals surface area contributed by atoms with Crippen LogP contribution in [-0.2, 0) is 4.74 Å². The molecule has 0 saturated heterocycles. The second-order valence-electron chi connectivity index (χ2n) is 3.48. The van der Waals surface area contributed by atoms with Crippen LogP contribution in [0.4, 0.5) is 0 Å². The topological polar surface area (TPSA) is 29.5 Å². The summed E-state index contributed by atoms with van der Waals surface area (Å²) >= 11 is 6.14. The maximum absolute atomic E-state index is 8.55. The van der Waals surface area contributed by atoms with Crippen molar-refractivity contribution >= 4 is 11.6 Å². The molecule has 0 aromatic heterocycles. The molecule has 0 saturated carbocycles. The molecule has 13 heavy (non-hydrogen) atoms. The van der Waals surface area contributed by atoms with Crippen LogP contribution in [0.25, 0.3) is 0 Å². The molecule has 2 nitrogen and oxygen atoms in total. The molecule has 2 bridgehead atoms. The van der Waals surface area contributed by atoms with Gasteiger partial charge in [-0.05, 0) is 12.0 Å². The summed E-state index contributed by atoms with van der Waals surface area (Å²) in [5, 5.41) is 9.51. The van der Waals surface area contributed by atoms with Crippen LogP contribution < -0.4 is 0 Å². The number of allylic oxidation sites excluding steroid dienone is 3. The molecule has 2 atom stereocenters. The minimum Gasteiger partial charge on any atom is -0.394 e. The molecule has 0 aromatic carbocycles. The summed E-state index contributed by atoms with van der Waals surface area (Å²) in [6.45, 7) is 1.05. The van der Waals surface area contributed by atoms with Gasteiger partial charge in [-0.25, -0.2) is 0 Å². The van der Waals surface area contributed by atoms with Crippen LogP contribution in [0.3, 0.4) is 0 Å². The number of fused-ring (bicyclic) bond motifs is 2. The third kappa shape index (κ3) is 1.66. The van der Waals surface area contributed by atoms with Gasteiger partial charge in [-0.15, -0.1) is 0 Å². The van der Waals surface area contributed by atoms with E-state index in [0.717, 1.165) is 11.5 Å². The average molecular weight is 201 g/mol. The Hall–Kier alpha value is -0.310. The predicted octanol–water partition coefficient (Wildman–Crippen LogP) is 1.69. The number of hydrogen-bond acceptors (Lipinski definition) is 2. The van der Waals surface area contributed by atoms with Crippen LogP contribution in [0, 0.1) is 11.8 Å². The first-order valence-corrected chi connectivity index (χ1v) is 4.96. The number of hydrogen-bond donors (Lipinski definition) is 1. The minimum absolute atomic E-state index is 0.0782. The largest absolute Gasteiger partial charge is 0.394 e. The van der Waals surface area contributed by atoms with E-state index in [4.69, 9.17) is 21.4 Å². The molecular formula is C10H13ClO2. The van der Waals surface area contributed by atoms with Gasteiger partial charge in [0.1, 0.15) is 0 Å². The molecule has 1 N–H and O–H groups in total.